The van der Waals surface area contributed by atoms with Crippen LogP contribution in [-0.2, 0) is 11.2 Å². The largest absolute Gasteiger partial charge is 0.493 e. The van der Waals surface area contributed by atoms with Crippen LogP contribution in [0.1, 0.15) is 29.7 Å². The van der Waals surface area contributed by atoms with E-state index in [9.17, 15) is 18.4 Å². The molecule has 2 rings (SSSR count). The number of para-hydroxylation sites is 1. The molecular weight excluding hydrogens is 346 g/mol. The molecule has 2 aromatic rings. The van der Waals surface area contributed by atoms with Crippen molar-refractivity contribution in [3.8, 4) is 5.75 Å². The number of aromatic nitrogens is 2. The van der Waals surface area contributed by atoms with Gasteiger partial charge in [-0.2, -0.15) is 8.78 Å². The first-order chi connectivity index (χ1) is 12.5. The van der Waals surface area contributed by atoms with Crippen LogP contribution in [-0.4, -0.2) is 41.1 Å². The summed E-state index contributed by atoms with van der Waals surface area (Å²) in [6, 6.07) is 6.71. The minimum atomic E-state index is -2.67. The second-order valence-corrected chi connectivity index (χ2v) is 5.24. The van der Waals surface area contributed by atoms with Gasteiger partial charge >= 0.3 is 6.55 Å². The number of imidazole rings is 1. The van der Waals surface area contributed by atoms with Gasteiger partial charge in [0.25, 0.3) is 5.91 Å². The number of hydrogen-bond donors (Lipinski definition) is 2. The number of nitrogens with one attached hydrogen (secondary N) is 2. The highest BCUT2D eigenvalue weighted by atomic mass is 19.3. The van der Waals surface area contributed by atoms with Crippen LogP contribution in [0.4, 0.5) is 8.78 Å². The van der Waals surface area contributed by atoms with E-state index in [0.29, 0.717) is 17.9 Å². The summed E-state index contributed by atoms with van der Waals surface area (Å²) >= 11 is 0. The van der Waals surface area contributed by atoms with Crippen molar-refractivity contribution in [2.24, 2.45) is 0 Å². The molecule has 0 spiro atoms. The Morgan fingerprint density at radius 3 is 2.77 bits per heavy atom. The van der Waals surface area contributed by atoms with E-state index in [2.05, 4.69) is 15.6 Å². The van der Waals surface area contributed by atoms with Gasteiger partial charge in [0.15, 0.2) is 0 Å². The molecule has 0 atom stereocenters. The van der Waals surface area contributed by atoms with Gasteiger partial charge in [0.05, 0.1) is 18.7 Å². The smallest absolute Gasteiger partial charge is 0.319 e. The number of rotatable bonds is 9. The number of nitrogens with zero attached hydrogens (tertiary/aromatic N) is 2. The van der Waals surface area contributed by atoms with Crippen molar-refractivity contribution in [3.63, 3.8) is 0 Å². The molecule has 1 heterocycles. The molecule has 0 fully saturated rings. The minimum absolute atomic E-state index is 0.133. The number of alkyl halides is 2. The zero-order valence-corrected chi connectivity index (χ0v) is 14.2. The van der Waals surface area contributed by atoms with E-state index in [-0.39, 0.29) is 25.3 Å². The highest BCUT2D eigenvalue weighted by molar-refractivity contribution is 5.98. The van der Waals surface area contributed by atoms with E-state index in [0.717, 1.165) is 4.57 Å². The minimum Gasteiger partial charge on any atom is -0.493 e. The van der Waals surface area contributed by atoms with Crippen molar-refractivity contribution in [2.75, 3.05) is 19.7 Å². The molecule has 0 aliphatic carbocycles. The quantitative estimate of drug-likeness (QED) is 0.708. The predicted molar refractivity (Wildman–Crippen MR) is 90.1 cm³/mol. The van der Waals surface area contributed by atoms with Gasteiger partial charge in [-0.15, -0.1) is 0 Å². The van der Waals surface area contributed by atoms with E-state index < -0.39 is 18.4 Å². The zero-order valence-electron chi connectivity index (χ0n) is 14.2. The summed E-state index contributed by atoms with van der Waals surface area (Å²) in [5.41, 5.74) is 0.334. The maximum absolute atomic E-state index is 12.7. The normalized spacial score (nSPS) is 10.6. The molecule has 0 radical (unpaired) electrons. The zero-order chi connectivity index (χ0) is 18.9. The topological polar surface area (TPSA) is 85.2 Å². The Hall–Kier alpha value is -2.97. The fraction of sp³-hybridized carbons (Fsp3) is 0.353. The van der Waals surface area contributed by atoms with Crippen LogP contribution in [0.2, 0.25) is 0 Å². The summed E-state index contributed by atoms with van der Waals surface area (Å²) in [5, 5.41) is 5.05. The van der Waals surface area contributed by atoms with E-state index in [4.69, 9.17) is 4.74 Å². The molecular formula is C17H20F2N4O3. The van der Waals surface area contributed by atoms with E-state index in [1.165, 1.54) is 12.4 Å². The van der Waals surface area contributed by atoms with Crippen LogP contribution in [0.15, 0.2) is 36.7 Å². The lowest BCUT2D eigenvalue weighted by Crippen LogP contribution is -2.38. The van der Waals surface area contributed by atoms with Crippen LogP contribution in [0.3, 0.4) is 0 Å². The Bertz CT molecular complexity index is 749. The van der Waals surface area contributed by atoms with Crippen molar-refractivity contribution >= 4 is 11.8 Å². The van der Waals surface area contributed by atoms with Crippen LogP contribution >= 0.6 is 0 Å². The van der Waals surface area contributed by atoms with Gasteiger partial charge in [-0.25, -0.2) is 4.98 Å². The number of ether oxygens (including phenoxy) is 1. The highest BCUT2D eigenvalue weighted by Crippen LogP contribution is 2.17. The molecule has 0 unspecified atom stereocenters. The highest BCUT2D eigenvalue weighted by Gasteiger charge is 2.14. The summed E-state index contributed by atoms with van der Waals surface area (Å²) in [6.45, 7) is -0.551. The van der Waals surface area contributed by atoms with Gasteiger partial charge in [-0.1, -0.05) is 12.1 Å². The van der Waals surface area contributed by atoms with Crippen molar-refractivity contribution in [2.45, 2.75) is 19.9 Å². The van der Waals surface area contributed by atoms with E-state index >= 15 is 0 Å². The second-order valence-electron chi connectivity index (χ2n) is 5.24. The van der Waals surface area contributed by atoms with Gasteiger partial charge in [-0.05, 0) is 19.1 Å². The molecule has 0 saturated carbocycles. The van der Waals surface area contributed by atoms with Crippen LogP contribution < -0.4 is 15.4 Å². The Labute approximate surface area is 149 Å². The van der Waals surface area contributed by atoms with Crippen molar-refractivity contribution in [3.05, 3.63) is 48.0 Å². The first-order valence-electron chi connectivity index (χ1n) is 8.09. The molecule has 2 amide bonds. The summed E-state index contributed by atoms with van der Waals surface area (Å²) in [6.07, 6.45) is 2.61. The molecule has 0 aliphatic rings. The van der Waals surface area contributed by atoms with Gasteiger partial charge in [0, 0.05) is 25.4 Å². The van der Waals surface area contributed by atoms with Gasteiger partial charge in [-0.3, -0.25) is 14.2 Å². The summed E-state index contributed by atoms with van der Waals surface area (Å²) in [7, 11) is 0. The Morgan fingerprint density at radius 2 is 2.04 bits per heavy atom. The van der Waals surface area contributed by atoms with Crippen molar-refractivity contribution in [1.29, 1.82) is 0 Å². The lowest BCUT2D eigenvalue weighted by molar-refractivity contribution is -0.120. The first-order valence-corrected chi connectivity index (χ1v) is 8.09. The molecule has 0 bridgehead atoms. The lowest BCUT2D eigenvalue weighted by atomic mass is 10.2. The maximum atomic E-state index is 12.7. The summed E-state index contributed by atoms with van der Waals surface area (Å²) < 4.78 is 31.5. The fourth-order valence-corrected chi connectivity index (χ4v) is 2.28. The fourth-order valence-electron chi connectivity index (χ4n) is 2.28. The third-order valence-electron chi connectivity index (χ3n) is 3.47. The number of carbonyl (C=O) groups excluding carboxylic acids is 2. The van der Waals surface area contributed by atoms with Crippen LogP contribution in [0, 0.1) is 0 Å². The van der Waals surface area contributed by atoms with Crippen molar-refractivity contribution < 1.29 is 23.1 Å². The van der Waals surface area contributed by atoms with Gasteiger partial charge in [0.2, 0.25) is 5.91 Å². The van der Waals surface area contributed by atoms with Gasteiger partial charge in [0.1, 0.15) is 11.6 Å². The first kappa shape index (κ1) is 19.4. The molecule has 1 aromatic heterocycles. The third kappa shape index (κ3) is 5.27. The molecule has 140 valence electrons. The van der Waals surface area contributed by atoms with Crippen LogP contribution in [0.5, 0.6) is 5.75 Å². The average molecular weight is 366 g/mol. The maximum Gasteiger partial charge on any atom is 0.319 e. The number of halogens is 2. The number of benzene rings is 1. The monoisotopic (exact) mass is 366 g/mol. The SMILES string of the molecule is CCOc1ccccc1C(=O)NCC(=O)NCCc1nccn1C(F)F. The Morgan fingerprint density at radius 1 is 1.27 bits per heavy atom. The van der Waals surface area contributed by atoms with Gasteiger partial charge < -0.3 is 15.4 Å². The lowest BCUT2D eigenvalue weighted by Gasteiger charge is -2.11. The molecule has 9 heteroatoms. The molecule has 7 nitrogen and oxygen atoms in total. The Kier molecular flexibility index (Phi) is 7.07. The average Bonchev–Trinajstić information content (AvgIpc) is 3.09. The number of amides is 2. The van der Waals surface area contributed by atoms with E-state index in [1.54, 1.807) is 24.3 Å². The van der Waals surface area contributed by atoms with Crippen molar-refractivity contribution in [1.82, 2.24) is 20.2 Å². The summed E-state index contributed by atoms with van der Waals surface area (Å²) in [5.74, 6) is -0.249. The summed E-state index contributed by atoms with van der Waals surface area (Å²) in [4.78, 5) is 27.8. The Balaban J connectivity index is 1.78. The third-order valence-corrected chi connectivity index (χ3v) is 3.47. The number of hydrogen-bond acceptors (Lipinski definition) is 4. The van der Waals surface area contributed by atoms with E-state index in [1.807, 2.05) is 6.92 Å². The standard InChI is InChI=1S/C17H20F2N4O3/c1-2-26-13-6-4-3-5-12(13)16(25)22-11-15(24)21-8-7-14-20-9-10-23(14)17(18)19/h3-6,9-10,17H,2,7-8,11H2,1H3,(H,21,24)(H,22,25). The predicted octanol–water partition coefficient (Wildman–Crippen LogP) is 1.77. The molecule has 26 heavy (non-hydrogen) atoms. The molecule has 2 N–H and O–H groups in total. The van der Waals surface area contributed by atoms with Crippen LogP contribution in [0.25, 0.3) is 0 Å². The molecule has 1 aromatic carbocycles. The molecule has 0 saturated heterocycles. The molecule has 0 aliphatic heterocycles. The number of carbonyl (C=O) groups is 2. The second kappa shape index (κ2) is 9.50.